The molecule has 14 heavy (non-hydrogen) atoms. The maximum Gasteiger partial charge on any atom is 0.0603 e. The average Bonchev–Trinajstić information content (AvgIpc) is 2.04. The summed E-state index contributed by atoms with van der Waals surface area (Å²) in [6.07, 6.45) is 3.28. The summed E-state index contributed by atoms with van der Waals surface area (Å²) in [5.41, 5.74) is -0.541. The zero-order valence-electron chi connectivity index (χ0n) is 10.4. The van der Waals surface area contributed by atoms with Crippen molar-refractivity contribution in [3.05, 3.63) is 0 Å². The van der Waals surface area contributed by atoms with Gasteiger partial charge < -0.3 is 10.4 Å². The van der Waals surface area contributed by atoms with E-state index in [1.165, 1.54) is 12.8 Å². The van der Waals surface area contributed by atoms with Crippen molar-refractivity contribution < 1.29 is 5.11 Å². The summed E-state index contributed by atoms with van der Waals surface area (Å²) in [6.45, 7) is 11.3. The minimum atomic E-state index is -0.541. The SMILES string of the molecule is CCC(CC)C(C)NCCC(C)(C)O. The lowest BCUT2D eigenvalue weighted by atomic mass is 9.95. The smallest absolute Gasteiger partial charge is 0.0603 e. The highest BCUT2D eigenvalue weighted by Crippen LogP contribution is 2.13. The van der Waals surface area contributed by atoms with Crippen LogP contribution in [0.3, 0.4) is 0 Å². The van der Waals surface area contributed by atoms with E-state index >= 15 is 0 Å². The van der Waals surface area contributed by atoms with Crippen LogP contribution in [0.4, 0.5) is 0 Å². The molecule has 0 aliphatic carbocycles. The molecule has 0 radical (unpaired) electrons. The van der Waals surface area contributed by atoms with E-state index in [0.717, 1.165) is 18.9 Å². The summed E-state index contributed by atoms with van der Waals surface area (Å²) in [5, 5.41) is 13.0. The monoisotopic (exact) mass is 201 g/mol. The Bertz CT molecular complexity index is 136. The topological polar surface area (TPSA) is 32.3 Å². The minimum Gasteiger partial charge on any atom is -0.390 e. The van der Waals surface area contributed by atoms with E-state index in [2.05, 4.69) is 26.1 Å². The van der Waals surface area contributed by atoms with Crippen molar-refractivity contribution in [2.24, 2.45) is 5.92 Å². The highest BCUT2D eigenvalue weighted by atomic mass is 16.3. The molecule has 0 aromatic heterocycles. The molecule has 0 heterocycles. The third-order valence-corrected chi connectivity index (χ3v) is 2.96. The minimum absolute atomic E-state index is 0.541. The van der Waals surface area contributed by atoms with Gasteiger partial charge in [-0.25, -0.2) is 0 Å². The third kappa shape index (κ3) is 6.39. The fraction of sp³-hybridized carbons (Fsp3) is 1.00. The molecular formula is C12H27NO. The predicted octanol–water partition coefficient (Wildman–Crippen LogP) is 2.56. The summed E-state index contributed by atoms with van der Waals surface area (Å²) < 4.78 is 0. The van der Waals surface area contributed by atoms with Crippen LogP contribution in [0.15, 0.2) is 0 Å². The average molecular weight is 201 g/mol. The summed E-state index contributed by atoms with van der Waals surface area (Å²) in [6, 6.07) is 0.562. The van der Waals surface area contributed by atoms with Gasteiger partial charge in [0.1, 0.15) is 0 Å². The number of hydrogen-bond donors (Lipinski definition) is 2. The van der Waals surface area contributed by atoms with Crippen molar-refractivity contribution in [2.45, 2.75) is 65.5 Å². The van der Waals surface area contributed by atoms with E-state index in [4.69, 9.17) is 0 Å². The van der Waals surface area contributed by atoms with Crippen molar-refractivity contribution in [1.29, 1.82) is 0 Å². The van der Waals surface area contributed by atoms with Crippen molar-refractivity contribution in [1.82, 2.24) is 5.32 Å². The van der Waals surface area contributed by atoms with Gasteiger partial charge in [0.15, 0.2) is 0 Å². The number of rotatable bonds is 7. The van der Waals surface area contributed by atoms with Crippen LogP contribution >= 0.6 is 0 Å². The van der Waals surface area contributed by atoms with Crippen molar-refractivity contribution >= 4 is 0 Å². The molecular weight excluding hydrogens is 174 g/mol. The third-order valence-electron chi connectivity index (χ3n) is 2.96. The lowest BCUT2D eigenvalue weighted by molar-refractivity contribution is 0.0698. The van der Waals surface area contributed by atoms with E-state index in [9.17, 15) is 5.11 Å². The molecule has 0 saturated carbocycles. The Balaban J connectivity index is 3.67. The van der Waals surface area contributed by atoms with Crippen LogP contribution in [0.2, 0.25) is 0 Å². The van der Waals surface area contributed by atoms with Gasteiger partial charge in [0, 0.05) is 6.04 Å². The van der Waals surface area contributed by atoms with Gasteiger partial charge >= 0.3 is 0 Å². The van der Waals surface area contributed by atoms with E-state index in [1.54, 1.807) is 0 Å². The second-order valence-electron chi connectivity index (χ2n) is 4.88. The molecule has 0 aliphatic heterocycles. The number of aliphatic hydroxyl groups is 1. The predicted molar refractivity (Wildman–Crippen MR) is 62.5 cm³/mol. The van der Waals surface area contributed by atoms with Crippen LogP contribution in [0.25, 0.3) is 0 Å². The maximum atomic E-state index is 9.54. The van der Waals surface area contributed by atoms with Gasteiger partial charge in [-0.15, -0.1) is 0 Å². The fourth-order valence-corrected chi connectivity index (χ4v) is 1.77. The second-order valence-corrected chi connectivity index (χ2v) is 4.88. The first-order valence-electron chi connectivity index (χ1n) is 5.86. The molecule has 0 fully saturated rings. The van der Waals surface area contributed by atoms with Gasteiger partial charge in [-0.2, -0.15) is 0 Å². The Morgan fingerprint density at radius 2 is 1.71 bits per heavy atom. The van der Waals surface area contributed by atoms with Gasteiger partial charge in [-0.3, -0.25) is 0 Å². The normalized spacial score (nSPS) is 14.8. The largest absolute Gasteiger partial charge is 0.390 e. The van der Waals surface area contributed by atoms with Gasteiger partial charge in [0.05, 0.1) is 5.60 Å². The first-order chi connectivity index (χ1) is 6.40. The highest BCUT2D eigenvalue weighted by molar-refractivity contribution is 4.73. The Hall–Kier alpha value is -0.0800. The van der Waals surface area contributed by atoms with Gasteiger partial charge in [0.25, 0.3) is 0 Å². The zero-order valence-corrected chi connectivity index (χ0v) is 10.4. The molecule has 86 valence electrons. The van der Waals surface area contributed by atoms with E-state index in [0.29, 0.717) is 6.04 Å². The van der Waals surface area contributed by atoms with Crippen LogP contribution in [-0.2, 0) is 0 Å². The number of nitrogens with one attached hydrogen (secondary N) is 1. The van der Waals surface area contributed by atoms with Crippen LogP contribution in [0.1, 0.15) is 53.9 Å². The summed E-state index contributed by atoms with van der Waals surface area (Å²) in [7, 11) is 0. The standard InChI is InChI=1S/C12H27NO/c1-6-11(7-2)10(3)13-9-8-12(4,5)14/h10-11,13-14H,6-9H2,1-5H3. The Morgan fingerprint density at radius 3 is 2.07 bits per heavy atom. The molecule has 0 rings (SSSR count). The fourth-order valence-electron chi connectivity index (χ4n) is 1.77. The molecule has 2 nitrogen and oxygen atoms in total. The Kier molecular flexibility index (Phi) is 6.38. The molecule has 0 bridgehead atoms. The summed E-state index contributed by atoms with van der Waals surface area (Å²) >= 11 is 0. The Morgan fingerprint density at radius 1 is 1.21 bits per heavy atom. The van der Waals surface area contributed by atoms with Crippen LogP contribution in [0.5, 0.6) is 0 Å². The summed E-state index contributed by atoms with van der Waals surface area (Å²) in [4.78, 5) is 0. The van der Waals surface area contributed by atoms with Crippen LogP contribution in [-0.4, -0.2) is 23.3 Å². The van der Waals surface area contributed by atoms with Crippen LogP contribution in [0, 0.1) is 5.92 Å². The van der Waals surface area contributed by atoms with Crippen LogP contribution < -0.4 is 5.32 Å². The van der Waals surface area contributed by atoms with E-state index in [1.807, 2.05) is 13.8 Å². The quantitative estimate of drug-likeness (QED) is 0.663. The van der Waals surface area contributed by atoms with Gasteiger partial charge in [-0.05, 0) is 39.7 Å². The molecule has 0 aromatic carbocycles. The molecule has 0 spiro atoms. The molecule has 2 N–H and O–H groups in total. The van der Waals surface area contributed by atoms with Crippen molar-refractivity contribution in [3.8, 4) is 0 Å². The molecule has 0 aromatic rings. The molecule has 1 unspecified atom stereocenters. The second kappa shape index (κ2) is 6.41. The van der Waals surface area contributed by atoms with E-state index in [-0.39, 0.29) is 0 Å². The van der Waals surface area contributed by atoms with Gasteiger partial charge in [0.2, 0.25) is 0 Å². The maximum absolute atomic E-state index is 9.54. The first-order valence-corrected chi connectivity index (χ1v) is 5.86. The molecule has 2 heteroatoms. The zero-order chi connectivity index (χ0) is 11.2. The molecule has 1 atom stereocenters. The lowest BCUT2D eigenvalue weighted by Crippen LogP contribution is -2.36. The summed E-state index contributed by atoms with van der Waals surface area (Å²) in [5.74, 6) is 0.761. The first kappa shape index (κ1) is 13.9. The Labute approximate surface area is 89.1 Å². The van der Waals surface area contributed by atoms with E-state index < -0.39 is 5.60 Å². The van der Waals surface area contributed by atoms with Crippen molar-refractivity contribution in [2.75, 3.05) is 6.54 Å². The van der Waals surface area contributed by atoms with Crippen molar-refractivity contribution in [3.63, 3.8) is 0 Å². The van der Waals surface area contributed by atoms with Gasteiger partial charge in [-0.1, -0.05) is 26.7 Å². The molecule has 0 aliphatic rings. The number of hydrogen-bond acceptors (Lipinski definition) is 2. The molecule has 0 saturated heterocycles. The molecule has 0 amide bonds. The highest BCUT2D eigenvalue weighted by Gasteiger charge is 2.15. The lowest BCUT2D eigenvalue weighted by Gasteiger charge is -2.24.